The number of phosphoric acid groups is 1. The summed E-state index contributed by atoms with van der Waals surface area (Å²) >= 11 is 0. The van der Waals surface area contributed by atoms with Gasteiger partial charge in [0, 0.05) is 0 Å². The molecule has 0 aromatic rings. The van der Waals surface area contributed by atoms with Crippen LogP contribution in [0.25, 0.3) is 0 Å². The molecule has 0 saturated heterocycles. The first-order chi connectivity index (χ1) is 2.00. The summed E-state index contributed by atoms with van der Waals surface area (Å²) in [5.41, 5.74) is 0. The van der Waals surface area contributed by atoms with Crippen molar-refractivity contribution in [2.45, 2.75) is 0 Å². The molecule has 0 amide bonds. The van der Waals surface area contributed by atoms with E-state index in [1.165, 1.54) is 0 Å². The number of hydrogen-bond acceptors (Lipinski definition) is 4. The first-order valence-electron chi connectivity index (χ1n) is 0.730. The summed E-state index contributed by atoms with van der Waals surface area (Å²) < 4.78 is 8.55. The summed E-state index contributed by atoms with van der Waals surface area (Å²) in [7, 11) is -5.39. The predicted molar refractivity (Wildman–Crippen MR) is 14.8 cm³/mol. The van der Waals surface area contributed by atoms with E-state index in [4.69, 9.17) is 19.2 Å². The normalized spacial score (nSPS) is 7.38. The van der Waals surface area contributed by atoms with Crippen LogP contribution < -0.4 is 14.7 Å². The smallest absolute Gasteiger partial charge is 0.822 e. The molecular weight excluding hydrogens is 182 g/mol. The third-order valence-corrected chi connectivity index (χ3v) is 0. The van der Waals surface area contributed by atoms with E-state index < -0.39 is 7.82 Å². The zero-order valence-electron chi connectivity index (χ0n) is 3.46. The van der Waals surface area contributed by atoms with E-state index in [1.54, 1.807) is 0 Å². The van der Waals surface area contributed by atoms with Gasteiger partial charge in [-0.1, -0.05) is 0 Å². The maximum atomic E-state index is 8.55. The van der Waals surface area contributed by atoms with Gasteiger partial charge in [0.1, 0.15) is 0 Å². The Morgan fingerprint density at radius 3 is 1.00 bits per heavy atom. The van der Waals surface area contributed by atoms with Crippen LogP contribution in [0.1, 0.15) is 0 Å². The zero-order valence-corrected chi connectivity index (χ0v) is 5.53. The Hall–Kier alpha value is 0.549. The first-order valence-corrected chi connectivity index (χ1v) is 2.19. The minimum absolute atomic E-state index is 0. The van der Waals surface area contributed by atoms with Gasteiger partial charge in [-0.3, -0.25) is 0 Å². The molecular formula is H4MnO6P. The van der Waals surface area contributed by atoms with E-state index in [0.717, 1.165) is 0 Å². The van der Waals surface area contributed by atoms with Crippen LogP contribution in [0.3, 0.4) is 0 Å². The summed E-state index contributed by atoms with van der Waals surface area (Å²) in [6.45, 7) is 0. The van der Waals surface area contributed by atoms with Crippen LogP contribution in [0.5, 0.6) is 0 Å². The van der Waals surface area contributed by atoms with Crippen LogP contribution in [0.4, 0.5) is 0 Å². The topological polar surface area (TPSA) is 149 Å². The van der Waals surface area contributed by atoms with E-state index in [2.05, 4.69) is 0 Å². The summed E-state index contributed by atoms with van der Waals surface area (Å²) in [5, 5.41) is 0. The molecule has 8 heteroatoms. The predicted octanol–water partition coefficient (Wildman–Crippen LogP) is -4.48. The largest absolute Gasteiger partial charge is 3.00 e. The fraction of sp³-hybridized carbons (Fsp3) is 0. The van der Waals surface area contributed by atoms with Crippen molar-refractivity contribution in [1.82, 2.24) is 0 Å². The standard InChI is InChI=1S/Mn.H3O4P.2H2O/c;1-5(2,3)4;;/h;(H3,1,2,3,4);2*1H2/q+3;;;/p-3. The van der Waals surface area contributed by atoms with Crippen molar-refractivity contribution >= 4 is 7.82 Å². The quantitative estimate of drug-likeness (QED) is 0.276. The fourth-order valence-corrected chi connectivity index (χ4v) is 0. The van der Waals surface area contributed by atoms with Crippen LogP contribution in [-0.2, 0) is 21.6 Å². The molecule has 0 aliphatic carbocycles. The molecule has 0 bridgehead atoms. The van der Waals surface area contributed by atoms with Gasteiger partial charge in [-0.05, 0) is 0 Å². The molecule has 0 aromatic heterocycles. The zero-order chi connectivity index (χ0) is 4.50. The van der Waals surface area contributed by atoms with Crippen LogP contribution >= 0.6 is 7.82 Å². The maximum Gasteiger partial charge on any atom is 3.00 e. The van der Waals surface area contributed by atoms with Crippen LogP contribution in [-0.4, -0.2) is 11.0 Å². The molecule has 0 aliphatic heterocycles. The molecule has 4 N–H and O–H groups in total. The second-order valence-electron chi connectivity index (χ2n) is 0.447. The van der Waals surface area contributed by atoms with E-state index in [-0.39, 0.29) is 28.0 Å². The van der Waals surface area contributed by atoms with Gasteiger partial charge in [0.05, 0.1) is 0 Å². The SMILES string of the molecule is O.O.O=P([O-])([O-])[O-].[Mn+3]. The molecule has 0 saturated carbocycles. The molecule has 0 spiro atoms. The van der Waals surface area contributed by atoms with E-state index in [1.807, 2.05) is 0 Å². The molecule has 0 rings (SSSR count). The van der Waals surface area contributed by atoms with Crippen molar-refractivity contribution in [3.05, 3.63) is 0 Å². The average Bonchev–Trinajstić information content (AvgIpc) is 0.722. The van der Waals surface area contributed by atoms with Gasteiger partial charge in [0.2, 0.25) is 0 Å². The first kappa shape index (κ1) is 23.5. The van der Waals surface area contributed by atoms with Gasteiger partial charge in [-0.25, -0.2) is 0 Å². The minimum Gasteiger partial charge on any atom is -0.822 e. The van der Waals surface area contributed by atoms with Gasteiger partial charge in [-0.15, -0.1) is 0 Å². The molecule has 0 aliphatic rings. The van der Waals surface area contributed by atoms with Crippen molar-refractivity contribution in [3.63, 3.8) is 0 Å². The molecule has 0 aromatic carbocycles. The molecule has 6 nitrogen and oxygen atoms in total. The van der Waals surface area contributed by atoms with Crippen molar-refractivity contribution in [3.8, 4) is 0 Å². The fourth-order valence-electron chi connectivity index (χ4n) is 0. The second-order valence-corrected chi connectivity index (χ2v) is 1.34. The van der Waals surface area contributed by atoms with Crippen LogP contribution in [0, 0.1) is 0 Å². The minimum atomic E-state index is -5.39. The van der Waals surface area contributed by atoms with Crippen molar-refractivity contribution in [2.24, 2.45) is 0 Å². The molecule has 0 atom stereocenters. The molecule has 52 valence electrons. The van der Waals surface area contributed by atoms with Crippen LogP contribution in [0.15, 0.2) is 0 Å². The maximum absolute atomic E-state index is 8.55. The Bertz CT molecular complexity index is 54.7. The van der Waals surface area contributed by atoms with Gasteiger partial charge < -0.3 is 30.2 Å². The van der Waals surface area contributed by atoms with Gasteiger partial charge in [0.25, 0.3) is 0 Å². The Labute approximate surface area is 55.9 Å². The van der Waals surface area contributed by atoms with Gasteiger partial charge in [0.15, 0.2) is 0 Å². The number of hydrogen-bond donors (Lipinski definition) is 0. The average molecular weight is 186 g/mol. The molecule has 0 radical (unpaired) electrons. The Morgan fingerprint density at radius 2 is 1.00 bits per heavy atom. The third-order valence-electron chi connectivity index (χ3n) is 0. The van der Waals surface area contributed by atoms with Crippen molar-refractivity contribution in [1.29, 1.82) is 0 Å². The van der Waals surface area contributed by atoms with E-state index >= 15 is 0 Å². The number of rotatable bonds is 0. The monoisotopic (exact) mass is 186 g/mol. The second kappa shape index (κ2) is 7.55. The van der Waals surface area contributed by atoms with E-state index in [0.29, 0.717) is 0 Å². The summed E-state index contributed by atoms with van der Waals surface area (Å²) in [6, 6.07) is 0. The van der Waals surface area contributed by atoms with Crippen molar-refractivity contribution in [2.75, 3.05) is 0 Å². The Morgan fingerprint density at radius 1 is 1.00 bits per heavy atom. The van der Waals surface area contributed by atoms with Crippen LogP contribution in [0.2, 0.25) is 0 Å². The Kier molecular flexibility index (Phi) is 22.2. The van der Waals surface area contributed by atoms with Gasteiger partial charge >= 0.3 is 17.1 Å². The van der Waals surface area contributed by atoms with E-state index in [9.17, 15) is 0 Å². The Balaban J connectivity index is -0.0000000267. The summed E-state index contributed by atoms with van der Waals surface area (Å²) in [5.74, 6) is 0. The van der Waals surface area contributed by atoms with Crippen molar-refractivity contribution < 1.29 is 47.3 Å². The molecule has 8 heavy (non-hydrogen) atoms. The summed E-state index contributed by atoms with van der Waals surface area (Å²) in [4.78, 5) is 25.6. The molecule has 0 fully saturated rings. The van der Waals surface area contributed by atoms with Gasteiger partial charge in [-0.2, -0.15) is 7.82 Å². The third kappa shape index (κ3) is 668. The summed E-state index contributed by atoms with van der Waals surface area (Å²) in [6.07, 6.45) is 0. The molecule has 0 heterocycles. The molecule has 0 unspecified atom stereocenters.